The van der Waals surface area contributed by atoms with Crippen LogP contribution in [0.4, 0.5) is 13.2 Å². The Morgan fingerprint density at radius 3 is 2.62 bits per heavy atom. The zero-order valence-electron chi connectivity index (χ0n) is 19.2. The van der Waals surface area contributed by atoms with Crippen LogP contribution in [0.2, 0.25) is 0 Å². The number of hydrogen-bond donors (Lipinski definition) is 1. The fourth-order valence-electron chi connectivity index (χ4n) is 4.67. The standard InChI is InChI=1S/C27H30F3N3O/c28-27(29,30)22-7-5-6-21(19-22)18-20-11-16-33(17-12-20)15-4-3-13-32-26(34)24-10-14-31-25-9-2-1-8-23(24)25/h1-2,5-10,14,19-20H,3-4,11-13,15-18H2,(H,32,34). The highest BCUT2D eigenvalue weighted by Gasteiger charge is 2.30. The summed E-state index contributed by atoms with van der Waals surface area (Å²) in [6.07, 6.45) is 1.98. The van der Waals surface area contributed by atoms with Crippen LogP contribution in [0.15, 0.2) is 60.8 Å². The number of amides is 1. The summed E-state index contributed by atoms with van der Waals surface area (Å²) >= 11 is 0. The summed E-state index contributed by atoms with van der Waals surface area (Å²) in [5, 5.41) is 3.87. The second-order valence-electron chi connectivity index (χ2n) is 9.03. The van der Waals surface area contributed by atoms with Crippen molar-refractivity contribution < 1.29 is 18.0 Å². The molecule has 1 N–H and O–H groups in total. The number of rotatable bonds is 8. The third-order valence-electron chi connectivity index (χ3n) is 6.57. The first-order valence-electron chi connectivity index (χ1n) is 11.9. The molecule has 1 fully saturated rings. The van der Waals surface area contributed by atoms with Crippen LogP contribution in [-0.4, -0.2) is 42.0 Å². The molecule has 0 radical (unpaired) electrons. The summed E-state index contributed by atoms with van der Waals surface area (Å²) < 4.78 is 38.8. The van der Waals surface area contributed by atoms with Gasteiger partial charge in [0, 0.05) is 18.1 Å². The topological polar surface area (TPSA) is 45.2 Å². The maximum atomic E-state index is 12.9. The average molecular weight is 470 g/mol. The van der Waals surface area contributed by atoms with E-state index in [2.05, 4.69) is 15.2 Å². The van der Waals surface area contributed by atoms with Gasteiger partial charge in [0.2, 0.25) is 0 Å². The van der Waals surface area contributed by atoms with Crippen molar-refractivity contribution in [1.82, 2.24) is 15.2 Å². The van der Waals surface area contributed by atoms with Crippen LogP contribution in [0.5, 0.6) is 0 Å². The lowest BCUT2D eigenvalue weighted by Gasteiger charge is -2.32. The molecule has 1 aliphatic heterocycles. The summed E-state index contributed by atoms with van der Waals surface area (Å²) in [4.78, 5) is 19.3. The molecule has 3 aromatic rings. The number of benzene rings is 2. The lowest BCUT2D eigenvalue weighted by Crippen LogP contribution is -2.35. The van der Waals surface area contributed by atoms with Crippen LogP contribution in [0.25, 0.3) is 10.9 Å². The molecule has 7 heteroatoms. The van der Waals surface area contributed by atoms with E-state index in [0.29, 0.717) is 24.4 Å². The first-order valence-corrected chi connectivity index (χ1v) is 11.9. The summed E-state index contributed by atoms with van der Waals surface area (Å²) in [5.74, 6) is 0.350. The van der Waals surface area contributed by atoms with Crippen LogP contribution < -0.4 is 5.32 Å². The van der Waals surface area contributed by atoms with Crippen molar-refractivity contribution in [2.45, 2.75) is 38.3 Å². The maximum absolute atomic E-state index is 12.9. The number of hydrogen-bond acceptors (Lipinski definition) is 3. The highest BCUT2D eigenvalue weighted by molar-refractivity contribution is 6.05. The van der Waals surface area contributed by atoms with Crippen molar-refractivity contribution in [3.63, 3.8) is 0 Å². The first-order chi connectivity index (χ1) is 16.4. The van der Waals surface area contributed by atoms with Gasteiger partial charge in [-0.25, -0.2) is 0 Å². The third-order valence-corrected chi connectivity index (χ3v) is 6.57. The van der Waals surface area contributed by atoms with Crippen molar-refractivity contribution in [2.24, 2.45) is 5.92 Å². The second kappa shape index (κ2) is 11.0. The minimum atomic E-state index is -4.29. The minimum absolute atomic E-state index is 0.0750. The van der Waals surface area contributed by atoms with Gasteiger partial charge in [0.05, 0.1) is 16.6 Å². The molecule has 1 saturated heterocycles. The van der Waals surface area contributed by atoms with Crippen molar-refractivity contribution in [1.29, 1.82) is 0 Å². The Morgan fingerprint density at radius 1 is 1.03 bits per heavy atom. The number of nitrogens with zero attached hydrogens (tertiary/aromatic N) is 2. The number of halogens is 3. The van der Waals surface area contributed by atoms with E-state index < -0.39 is 11.7 Å². The van der Waals surface area contributed by atoms with Gasteiger partial charge in [0.1, 0.15) is 0 Å². The zero-order chi connectivity index (χ0) is 24.0. The monoisotopic (exact) mass is 469 g/mol. The number of carbonyl (C=O) groups is 1. The summed E-state index contributed by atoms with van der Waals surface area (Å²) in [7, 11) is 0. The van der Waals surface area contributed by atoms with Gasteiger partial charge in [-0.2, -0.15) is 13.2 Å². The highest BCUT2D eigenvalue weighted by Crippen LogP contribution is 2.31. The van der Waals surface area contributed by atoms with E-state index in [4.69, 9.17) is 0 Å². The Labute approximate surface area is 198 Å². The van der Waals surface area contributed by atoms with E-state index in [1.165, 1.54) is 12.1 Å². The molecule has 0 spiro atoms. The number of nitrogens with one attached hydrogen (secondary N) is 1. The quantitative estimate of drug-likeness (QED) is 0.429. The molecule has 180 valence electrons. The smallest absolute Gasteiger partial charge is 0.352 e. The number of unbranched alkanes of at least 4 members (excludes halogenated alkanes) is 1. The number of piperidine rings is 1. The van der Waals surface area contributed by atoms with Gasteiger partial charge >= 0.3 is 6.18 Å². The highest BCUT2D eigenvalue weighted by atomic mass is 19.4. The van der Waals surface area contributed by atoms with E-state index in [9.17, 15) is 18.0 Å². The number of aromatic nitrogens is 1. The van der Waals surface area contributed by atoms with Crippen molar-refractivity contribution in [3.8, 4) is 0 Å². The molecule has 34 heavy (non-hydrogen) atoms. The predicted molar refractivity (Wildman–Crippen MR) is 128 cm³/mol. The van der Waals surface area contributed by atoms with Gasteiger partial charge in [-0.3, -0.25) is 9.78 Å². The molecule has 2 aromatic carbocycles. The van der Waals surface area contributed by atoms with Gasteiger partial charge in [0.15, 0.2) is 0 Å². The number of alkyl halides is 3. The van der Waals surface area contributed by atoms with Crippen LogP contribution in [0, 0.1) is 5.92 Å². The number of carbonyl (C=O) groups excluding carboxylic acids is 1. The first kappa shape index (κ1) is 24.2. The zero-order valence-corrected chi connectivity index (χ0v) is 19.2. The van der Waals surface area contributed by atoms with Crippen molar-refractivity contribution in [3.05, 3.63) is 77.5 Å². The van der Waals surface area contributed by atoms with Crippen LogP contribution in [0.1, 0.15) is 47.2 Å². The molecule has 0 unspecified atom stereocenters. The lowest BCUT2D eigenvalue weighted by atomic mass is 9.89. The molecule has 0 saturated carbocycles. The minimum Gasteiger partial charge on any atom is -0.352 e. The van der Waals surface area contributed by atoms with Crippen LogP contribution >= 0.6 is 0 Å². The second-order valence-corrected chi connectivity index (χ2v) is 9.03. The fraction of sp³-hybridized carbons (Fsp3) is 0.407. The molecule has 1 amide bonds. The molecular weight excluding hydrogens is 439 g/mol. The molecule has 1 aromatic heterocycles. The Morgan fingerprint density at radius 2 is 1.82 bits per heavy atom. The Hall–Kier alpha value is -2.93. The van der Waals surface area contributed by atoms with E-state index in [-0.39, 0.29) is 5.91 Å². The molecular formula is C27H30F3N3O. The van der Waals surface area contributed by atoms with E-state index in [1.807, 2.05) is 24.3 Å². The third kappa shape index (κ3) is 6.35. The molecule has 4 rings (SSSR count). The summed E-state index contributed by atoms with van der Waals surface area (Å²) in [6, 6.07) is 15.1. The van der Waals surface area contributed by atoms with Crippen LogP contribution in [0.3, 0.4) is 0 Å². The van der Waals surface area contributed by atoms with Crippen molar-refractivity contribution >= 4 is 16.8 Å². The Balaban J connectivity index is 1.15. The maximum Gasteiger partial charge on any atom is 0.416 e. The molecule has 2 heterocycles. The average Bonchev–Trinajstić information content (AvgIpc) is 2.84. The van der Waals surface area contributed by atoms with Crippen molar-refractivity contribution in [2.75, 3.05) is 26.2 Å². The molecule has 1 aliphatic rings. The van der Waals surface area contributed by atoms with Gasteiger partial charge in [0.25, 0.3) is 5.91 Å². The number of para-hydroxylation sites is 1. The number of fused-ring (bicyclic) bond motifs is 1. The van der Waals surface area contributed by atoms with E-state index in [0.717, 1.165) is 67.9 Å². The Bertz CT molecular complexity index is 1100. The largest absolute Gasteiger partial charge is 0.416 e. The van der Waals surface area contributed by atoms with Gasteiger partial charge < -0.3 is 10.2 Å². The summed E-state index contributed by atoms with van der Waals surface area (Å²) in [6.45, 7) is 3.55. The molecule has 0 aliphatic carbocycles. The number of pyridine rings is 1. The predicted octanol–water partition coefficient (Wildman–Crippen LogP) is 5.72. The number of likely N-dealkylation sites (tertiary alicyclic amines) is 1. The molecule has 0 bridgehead atoms. The summed E-state index contributed by atoms with van der Waals surface area (Å²) in [5.41, 5.74) is 1.66. The van der Waals surface area contributed by atoms with E-state index >= 15 is 0 Å². The van der Waals surface area contributed by atoms with Crippen LogP contribution in [-0.2, 0) is 12.6 Å². The lowest BCUT2D eigenvalue weighted by molar-refractivity contribution is -0.137. The fourth-order valence-corrected chi connectivity index (χ4v) is 4.67. The van der Waals surface area contributed by atoms with Gasteiger partial charge in [-0.15, -0.1) is 0 Å². The Kier molecular flexibility index (Phi) is 7.83. The van der Waals surface area contributed by atoms with E-state index in [1.54, 1.807) is 18.3 Å². The normalized spacial score (nSPS) is 15.5. The SMILES string of the molecule is O=C(NCCCCN1CCC(Cc2cccc(C(F)(F)F)c2)CC1)c1ccnc2ccccc12. The molecule has 0 atom stereocenters. The van der Waals surface area contributed by atoms with Gasteiger partial charge in [-0.05, 0) is 81.4 Å². The molecule has 4 nitrogen and oxygen atoms in total. The van der Waals surface area contributed by atoms with Gasteiger partial charge in [-0.1, -0.05) is 36.4 Å².